The van der Waals surface area contributed by atoms with Crippen LogP contribution >= 0.6 is 15.9 Å². The third-order valence-corrected chi connectivity index (χ3v) is 5.74. The maximum Gasteiger partial charge on any atom is 0.244 e. The summed E-state index contributed by atoms with van der Waals surface area (Å²) in [6, 6.07) is 11.3. The van der Waals surface area contributed by atoms with Gasteiger partial charge in [0.1, 0.15) is 10.6 Å². The van der Waals surface area contributed by atoms with Crippen LogP contribution < -0.4 is 19.9 Å². The van der Waals surface area contributed by atoms with Gasteiger partial charge in [-0.1, -0.05) is 22.0 Å². The number of nitrogens with zero attached hydrogens (tertiary/aromatic N) is 1. The van der Waals surface area contributed by atoms with Crippen LogP contribution in [0.1, 0.15) is 11.1 Å². The SMILES string of the molecule is COc1ccc(C#N)cc1S(=O)(=O)NCCc1ccc(Br)cc1NCC(=O)[O-]. The van der Waals surface area contributed by atoms with Crippen molar-refractivity contribution in [2.75, 3.05) is 25.5 Å². The molecule has 0 aromatic heterocycles. The van der Waals surface area contributed by atoms with Gasteiger partial charge in [-0.25, -0.2) is 13.1 Å². The highest BCUT2D eigenvalue weighted by molar-refractivity contribution is 9.10. The van der Waals surface area contributed by atoms with E-state index in [0.717, 1.165) is 10.0 Å². The summed E-state index contributed by atoms with van der Waals surface area (Å²) in [5.74, 6) is -1.12. The molecule has 0 radical (unpaired) electrons. The van der Waals surface area contributed by atoms with Gasteiger partial charge in [0.2, 0.25) is 10.0 Å². The van der Waals surface area contributed by atoms with Gasteiger partial charge in [0, 0.05) is 16.7 Å². The van der Waals surface area contributed by atoms with E-state index in [1.54, 1.807) is 18.2 Å². The zero-order chi connectivity index (χ0) is 20.7. The van der Waals surface area contributed by atoms with Crippen LogP contribution in [0.4, 0.5) is 5.69 Å². The zero-order valence-corrected chi connectivity index (χ0v) is 17.3. The summed E-state index contributed by atoms with van der Waals surface area (Å²) >= 11 is 3.31. The van der Waals surface area contributed by atoms with Crippen molar-refractivity contribution < 1.29 is 23.1 Å². The van der Waals surface area contributed by atoms with E-state index < -0.39 is 16.0 Å². The molecule has 148 valence electrons. The molecule has 0 aliphatic rings. The first-order chi connectivity index (χ1) is 13.3. The number of carboxylic acids is 1. The van der Waals surface area contributed by atoms with Crippen LogP contribution in [0.25, 0.3) is 0 Å². The largest absolute Gasteiger partial charge is 0.548 e. The molecule has 2 aromatic rings. The number of anilines is 1. The molecule has 10 heteroatoms. The van der Waals surface area contributed by atoms with Gasteiger partial charge < -0.3 is 20.0 Å². The van der Waals surface area contributed by atoms with E-state index >= 15 is 0 Å². The number of hydrogen-bond acceptors (Lipinski definition) is 7. The summed E-state index contributed by atoms with van der Waals surface area (Å²) in [5, 5.41) is 22.4. The van der Waals surface area contributed by atoms with Gasteiger partial charge in [0.25, 0.3) is 0 Å². The molecule has 0 unspecified atom stereocenters. The van der Waals surface area contributed by atoms with Crippen molar-refractivity contribution in [2.45, 2.75) is 11.3 Å². The predicted octanol–water partition coefficient (Wildman–Crippen LogP) is 1.01. The smallest absolute Gasteiger partial charge is 0.244 e. The number of hydrogen-bond donors (Lipinski definition) is 2. The fourth-order valence-electron chi connectivity index (χ4n) is 2.45. The van der Waals surface area contributed by atoms with E-state index in [1.807, 2.05) is 6.07 Å². The number of carboxylic acid groups (broad SMARTS) is 1. The number of nitriles is 1. The molecule has 28 heavy (non-hydrogen) atoms. The van der Waals surface area contributed by atoms with Gasteiger partial charge >= 0.3 is 0 Å². The number of nitrogens with one attached hydrogen (secondary N) is 2. The third kappa shape index (κ3) is 5.69. The average molecular weight is 467 g/mol. The van der Waals surface area contributed by atoms with E-state index in [9.17, 15) is 18.3 Å². The molecular weight excluding hydrogens is 450 g/mol. The highest BCUT2D eigenvalue weighted by Crippen LogP contribution is 2.25. The third-order valence-electron chi connectivity index (χ3n) is 3.76. The highest BCUT2D eigenvalue weighted by atomic mass is 79.9. The first-order valence-corrected chi connectivity index (χ1v) is 10.3. The van der Waals surface area contributed by atoms with Crippen molar-refractivity contribution in [1.82, 2.24) is 4.72 Å². The molecule has 2 N–H and O–H groups in total. The molecule has 0 aliphatic heterocycles. The molecule has 2 aromatic carbocycles. The van der Waals surface area contributed by atoms with Crippen LogP contribution in [0, 0.1) is 11.3 Å². The lowest BCUT2D eigenvalue weighted by molar-refractivity contribution is -0.302. The quantitative estimate of drug-likeness (QED) is 0.563. The molecule has 0 aliphatic carbocycles. The zero-order valence-electron chi connectivity index (χ0n) is 14.9. The molecule has 2 rings (SSSR count). The van der Waals surface area contributed by atoms with Gasteiger partial charge in [-0.2, -0.15) is 5.26 Å². The van der Waals surface area contributed by atoms with Gasteiger partial charge in [-0.3, -0.25) is 0 Å². The average Bonchev–Trinajstić information content (AvgIpc) is 2.67. The standard InChI is InChI=1S/C18H18BrN3O5S/c1-27-16-5-2-12(10-20)8-17(16)28(25,26)22-7-6-13-3-4-14(19)9-15(13)21-11-18(23)24/h2-5,8-9,21-22H,6-7,11H2,1H3,(H,23,24)/p-1. The Kier molecular flexibility index (Phi) is 7.39. The van der Waals surface area contributed by atoms with Crippen molar-refractivity contribution in [3.63, 3.8) is 0 Å². The fraction of sp³-hybridized carbons (Fsp3) is 0.222. The number of carbonyl (C=O) groups is 1. The summed E-state index contributed by atoms with van der Waals surface area (Å²) in [5.41, 5.74) is 1.48. The van der Waals surface area contributed by atoms with Crippen molar-refractivity contribution in [3.05, 3.63) is 52.0 Å². The maximum absolute atomic E-state index is 12.6. The molecule has 0 bridgehead atoms. The number of ether oxygens (including phenoxy) is 1. The molecular formula is C18H17BrN3O5S-. The van der Waals surface area contributed by atoms with E-state index in [1.165, 1.54) is 25.3 Å². The van der Waals surface area contributed by atoms with E-state index in [4.69, 9.17) is 10.00 Å². The van der Waals surface area contributed by atoms with Crippen LogP contribution in [-0.4, -0.2) is 34.6 Å². The van der Waals surface area contributed by atoms with E-state index in [-0.39, 0.29) is 29.3 Å². The molecule has 0 saturated carbocycles. The lowest BCUT2D eigenvalue weighted by atomic mass is 10.1. The Labute approximate surface area is 171 Å². The minimum atomic E-state index is -3.91. The van der Waals surface area contributed by atoms with Crippen molar-refractivity contribution in [3.8, 4) is 11.8 Å². The van der Waals surface area contributed by atoms with Crippen LogP contribution in [0.15, 0.2) is 45.8 Å². The number of methoxy groups -OCH3 is 1. The Balaban J connectivity index is 2.15. The van der Waals surface area contributed by atoms with Gasteiger partial charge in [0.15, 0.2) is 0 Å². The second-order valence-corrected chi connectivity index (χ2v) is 8.30. The van der Waals surface area contributed by atoms with Crippen LogP contribution in [0.5, 0.6) is 5.75 Å². The van der Waals surface area contributed by atoms with Gasteiger partial charge in [0.05, 0.1) is 31.3 Å². The molecule has 0 saturated heterocycles. The van der Waals surface area contributed by atoms with E-state index in [2.05, 4.69) is 26.0 Å². The van der Waals surface area contributed by atoms with Crippen LogP contribution in [0.2, 0.25) is 0 Å². The van der Waals surface area contributed by atoms with E-state index in [0.29, 0.717) is 12.1 Å². The Morgan fingerprint density at radius 3 is 2.68 bits per heavy atom. The molecule has 0 atom stereocenters. The van der Waals surface area contributed by atoms with Crippen LogP contribution in [0.3, 0.4) is 0 Å². The molecule has 0 fully saturated rings. The number of aliphatic carboxylic acids is 1. The molecule has 0 amide bonds. The minimum Gasteiger partial charge on any atom is -0.548 e. The minimum absolute atomic E-state index is 0.0594. The number of halogens is 1. The van der Waals surface area contributed by atoms with Crippen molar-refractivity contribution >= 4 is 37.6 Å². The number of benzene rings is 2. The highest BCUT2D eigenvalue weighted by Gasteiger charge is 2.20. The fourth-order valence-corrected chi connectivity index (χ4v) is 4.04. The number of carbonyl (C=O) groups excluding carboxylic acids is 1. The summed E-state index contributed by atoms with van der Waals surface area (Å²) in [6.07, 6.45) is 0.308. The monoisotopic (exact) mass is 466 g/mol. The summed E-state index contributed by atoms with van der Waals surface area (Å²) in [4.78, 5) is 10.5. The van der Waals surface area contributed by atoms with Gasteiger partial charge in [-0.05, 0) is 42.3 Å². The normalized spacial score (nSPS) is 10.9. The Hall–Kier alpha value is -2.61. The van der Waals surface area contributed by atoms with Gasteiger partial charge in [-0.15, -0.1) is 0 Å². The second-order valence-electron chi connectivity index (χ2n) is 5.65. The predicted molar refractivity (Wildman–Crippen MR) is 104 cm³/mol. The Morgan fingerprint density at radius 2 is 2.04 bits per heavy atom. The number of sulfonamides is 1. The van der Waals surface area contributed by atoms with Crippen LogP contribution in [-0.2, 0) is 21.2 Å². The summed E-state index contributed by atoms with van der Waals surface area (Å²) < 4.78 is 33.5. The van der Waals surface area contributed by atoms with Crippen molar-refractivity contribution in [2.24, 2.45) is 0 Å². The second kappa shape index (κ2) is 9.54. The Bertz CT molecular complexity index is 1020. The Morgan fingerprint density at radius 1 is 1.29 bits per heavy atom. The topological polar surface area (TPSA) is 131 Å². The molecule has 0 heterocycles. The lowest BCUT2D eigenvalue weighted by Crippen LogP contribution is -2.30. The molecule has 8 nitrogen and oxygen atoms in total. The first kappa shape index (κ1) is 21.7. The maximum atomic E-state index is 12.6. The summed E-state index contributed by atoms with van der Waals surface area (Å²) in [6.45, 7) is -0.308. The first-order valence-electron chi connectivity index (χ1n) is 8.07. The molecule has 0 spiro atoms. The van der Waals surface area contributed by atoms with Crippen molar-refractivity contribution in [1.29, 1.82) is 5.26 Å². The summed E-state index contributed by atoms with van der Waals surface area (Å²) in [7, 11) is -2.57. The lowest BCUT2D eigenvalue weighted by Gasteiger charge is -2.14. The number of rotatable bonds is 9.